The fourth-order valence-electron chi connectivity index (χ4n) is 4.19. The third-order valence-electron chi connectivity index (χ3n) is 6.15. The van der Waals surface area contributed by atoms with Crippen molar-refractivity contribution in [3.05, 3.63) is 59.7 Å². The molecule has 0 unspecified atom stereocenters. The minimum atomic E-state index is -0.112. The molecule has 2 aromatic rings. The van der Waals surface area contributed by atoms with Gasteiger partial charge in [-0.15, -0.1) is 0 Å². The average Bonchev–Trinajstić information content (AvgIpc) is 3.61. The zero-order valence-electron chi connectivity index (χ0n) is 17.7. The van der Waals surface area contributed by atoms with Gasteiger partial charge < -0.3 is 9.80 Å². The van der Waals surface area contributed by atoms with Gasteiger partial charge in [0.1, 0.15) is 5.69 Å². The lowest BCUT2D eigenvalue weighted by Gasteiger charge is -2.33. The molecule has 1 aliphatic heterocycles. The Labute approximate surface area is 178 Å². The van der Waals surface area contributed by atoms with Gasteiger partial charge in [-0.25, -0.2) is 4.98 Å². The van der Waals surface area contributed by atoms with Crippen LogP contribution in [-0.2, 0) is 11.2 Å². The van der Waals surface area contributed by atoms with Crippen LogP contribution in [0.1, 0.15) is 53.8 Å². The molecule has 2 amide bonds. The molecule has 4 rings (SSSR count). The van der Waals surface area contributed by atoms with E-state index in [2.05, 4.69) is 34.2 Å². The first-order valence-electron chi connectivity index (χ1n) is 11.0. The van der Waals surface area contributed by atoms with Crippen molar-refractivity contribution in [1.82, 2.24) is 19.8 Å². The zero-order chi connectivity index (χ0) is 20.9. The Balaban J connectivity index is 1.26. The van der Waals surface area contributed by atoms with Gasteiger partial charge in [-0.1, -0.05) is 30.3 Å². The van der Waals surface area contributed by atoms with Crippen molar-refractivity contribution in [2.45, 2.75) is 51.5 Å². The molecule has 0 spiro atoms. The van der Waals surface area contributed by atoms with E-state index in [9.17, 15) is 9.59 Å². The highest BCUT2D eigenvalue weighted by molar-refractivity contribution is 5.92. The molecule has 158 valence electrons. The van der Waals surface area contributed by atoms with E-state index in [1.165, 1.54) is 11.8 Å². The number of piperidine rings is 1. The SMILES string of the molecule is Cc1cnc(C(=O)N(CCC(=O)N2CCC(Cc3ccccc3)CC2)C2CC2)cn1. The lowest BCUT2D eigenvalue weighted by Crippen LogP contribution is -2.42. The highest BCUT2D eigenvalue weighted by atomic mass is 16.2. The summed E-state index contributed by atoms with van der Waals surface area (Å²) < 4.78 is 0. The van der Waals surface area contributed by atoms with E-state index in [1.54, 1.807) is 6.20 Å². The molecule has 1 aliphatic carbocycles. The molecule has 0 atom stereocenters. The maximum Gasteiger partial charge on any atom is 0.274 e. The molecular formula is C24H30N4O2. The summed E-state index contributed by atoms with van der Waals surface area (Å²) in [4.78, 5) is 37.8. The third-order valence-corrected chi connectivity index (χ3v) is 6.15. The number of rotatable bonds is 7. The van der Waals surface area contributed by atoms with Crippen LogP contribution >= 0.6 is 0 Å². The second-order valence-corrected chi connectivity index (χ2v) is 8.54. The lowest BCUT2D eigenvalue weighted by atomic mass is 9.90. The van der Waals surface area contributed by atoms with E-state index in [1.807, 2.05) is 22.8 Å². The van der Waals surface area contributed by atoms with Gasteiger partial charge in [0.05, 0.1) is 11.9 Å². The van der Waals surface area contributed by atoms with Crippen LogP contribution in [0.15, 0.2) is 42.7 Å². The smallest absolute Gasteiger partial charge is 0.274 e. The van der Waals surface area contributed by atoms with Crippen LogP contribution in [0.4, 0.5) is 0 Å². The van der Waals surface area contributed by atoms with Gasteiger partial charge in [0.25, 0.3) is 5.91 Å². The fraction of sp³-hybridized carbons (Fsp3) is 0.500. The Hall–Kier alpha value is -2.76. The summed E-state index contributed by atoms with van der Waals surface area (Å²) in [6.45, 7) is 3.94. The number of hydrogen-bond donors (Lipinski definition) is 0. The Morgan fingerprint density at radius 1 is 1.03 bits per heavy atom. The summed E-state index contributed by atoms with van der Waals surface area (Å²) in [6.07, 6.45) is 8.72. The van der Waals surface area contributed by atoms with Crippen molar-refractivity contribution >= 4 is 11.8 Å². The molecule has 1 saturated carbocycles. The average molecular weight is 407 g/mol. The number of carbonyl (C=O) groups excluding carboxylic acids is 2. The minimum absolute atomic E-state index is 0.112. The first kappa shape index (κ1) is 20.5. The van der Waals surface area contributed by atoms with Crippen molar-refractivity contribution < 1.29 is 9.59 Å². The molecule has 0 N–H and O–H groups in total. The van der Waals surface area contributed by atoms with E-state index in [0.29, 0.717) is 24.6 Å². The third kappa shape index (κ3) is 5.23. The summed E-state index contributed by atoms with van der Waals surface area (Å²) in [6, 6.07) is 10.8. The maximum atomic E-state index is 12.8. The lowest BCUT2D eigenvalue weighted by molar-refractivity contribution is -0.132. The van der Waals surface area contributed by atoms with Crippen LogP contribution in [0.3, 0.4) is 0 Å². The number of aryl methyl sites for hydroxylation is 1. The van der Waals surface area contributed by atoms with Crippen molar-refractivity contribution in [2.75, 3.05) is 19.6 Å². The van der Waals surface area contributed by atoms with Crippen LogP contribution in [0.25, 0.3) is 0 Å². The normalized spacial score (nSPS) is 17.0. The molecule has 2 heterocycles. The predicted molar refractivity (Wildman–Crippen MR) is 115 cm³/mol. The van der Waals surface area contributed by atoms with Crippen LogP contribution in [0, 0.1) is 12.8 Å². The largest absolute Gasteiger partial charge is 0.343 e. The zero-order valence-corrected chi connectivity index (χ0v) is 17.7. The molecular weight excluding hydrogens is 376 g/mol. The standard InChI is InChI=1S/C24H30N4O2/c1-18-16-26-22(17-25-18)24(30)28(21-7-8-21)14-11-23(29)27-12-9-20(10-13-27)15-19-5-3-2-4-6-19/h2-6,16-17,20-21H,7-15H2,1H3. The minimum Gasteiger partial charge on any atom is -0.343 e. The number of nitrogens with zero attached hydrogens (tertiary/aromatic N) is 4. The second kappa shape index (κ2) is 9.37. The van der Waals surface area contributed by atoms with Gasteiger partial charge in [0.2, 0.25) is 5.91 Å². The van der Waals surface area contributed by atoms with E-state index in [-0.39, 0.29) is 17.9 Å². The van der Waals surface area contributed by atoms with E-state index >= 15 is 0 Å². The van der Waals surface area contributed by atoms with Gasteiger partial charge in [-0.05, 0) is 50.5 Å². The number of carbonyl (C=O) groups is 2. The molecule has 2 aliphatic rings. The summed E-state index contributed by atoms with van der Waals surface area (Å²) in [5, 5.41) is 0. The van der Waals surface area contributed by atoms with Crippen molar-refractivity contribution in [2.24, 2.45) is 5.92 Å². The Morgan fingerprint density at radius 3 is 2.40 bits per heavy atom. The first-order chi connectivity index (χ1) is 14.6. The van der Waals surface area contributed by atoms with E-state index in [0.717, 1.165) is 50.9 Å². The first-order valence-corrected chi connectivity index (χ1v) is 11.0. The summed E-state index contributed by atoms with van der Waals surface area (Å²) >= 11 is 0. The van der Waals surface area contributed by atoms with Gasteiger partial charge in [-0.2, -0.15) is 0 Å². The summed E-state index contributed by atoms with van der Waals surface area (Å²) in [5.74, 6) is 0.682. The molecule has 0 bridgehead atoms. The molecule has 1 aromatic heterocycles. The number of amides is 2. The molecule has 6 nitrogen and oxygen atoms in total. The molecule has 1 saturated heterocycles. The number of likely N-dealkylation sites (tertiary alicyclic amines) is 1. The number of benzene rings is 1. The second-order valence-electron chi connectivity index (χ2n) is 8.54. The van der Waals surface area contributed by atoms with Crippen molar-refractivity contribution in [1.29, 1.82) is 0 Å². The van der Waals surface area contributed by atoms with Crippen molar-refractivity contribution in [3.8, 4) is 0 Å². The van der Waals surface area contributed by atoms with E-state index < -0.39 is 0 Å². The van der Waals surface area contributed by atoms with Gasteiger partial charge in [0, 0.05) is 38.3 Å². The summed E-state index contributed by atoms with van der Waals surface area (Å²) in [7, 11) is 0. The molecule has 1 aromatic carbocycles. The van der Waals surface area contributed by atoms with Crippen LogP contribution < -0.4 is 0 Å². The number of aromatic nitrogens is 2. The van der Waals surface area contributed by atoms with E-state index in [4.69, 9.17) is 0 Å². The number of hydrogen-bond acceptors (Lipinski definition) is 4. The quantitative estimate of drug-likeness (QED) is 0.708. The Bertz CT molecular complexity index is 857. The van der Waals surface area contributed by atoms with Gasteiger partial charge in [0.15, 0.2) is 0 Å². The highest BCUT2D eigenvalue weighted by Gasteiger charge is 2.34. The Morgan fingerprint density at radius 2 is 1.77 bits per heavy atom. The predicted octanol–water partition coefficient (Wildman–Crippen LogP) is 3.26. The summed E-state index contributed by atoms with van der Waals surface area (Å²) in [5.41, 5.74) is 2.53. The highest BCUT2D eigenvalue weighted by Crippen LogP contribution is 2.28. The molecule has 0 radical (unpaired) electrons. The van der Waals surface area contributed by atoms with Gasteiger partial charge in [-0.3, -0.25) is 14.6 Å². The topological polar surface area (TPSA) is 66.4 Å². The fourth-order valence-corrected chi connectivity index (χ4v) is 4.19. The van der Waals surface area contributed by atoms with Crippen LogP contribution in [0.2, 0.25) is 0 Å². The van der Waals surface area contributed by atoms with Gasteiger partial charge >= 0.3 is 0 Å². The van der Waals surface area contributed by atoms with Crippen LogP contribution in [-0.4, -0.2) is 57.3 Å². The molecule has 6 heteroatoms. The monoisotopic (exact) mass is 406 g/mol. The van der Waals surface area contributed by atoms with Crippen LogP contribution in [0.5, 0.6) is 0 Å². The van der Waals surface area contributed by atoms with Crippen molar-refractivity contribution in [3.63, 3.8) is 0 Å². The molecule has 30 heavy (non-hydrogen) atoms. The Kier molecular flexibility index (Phi) is 6.41. The maximum absolute atomic E-state index is 12.8. The molecule has 2 fully saturated rings.